The van der Waals surface area contributed by atoms with Gasteiger partial charge in [-0.25, -0.2) is 4.79 Å². The van der Waals surface area contributed by atoms with Crippen LogP contribution in [0.2, 0.25) is 0 Å². The number of alkyl carbamates (subject to hydrolysis) is 1. The van der Waals surface area contributed by atoms with Crippen LogP contribution >= 0.6 is 0 Å². The topological polar surface area (TPSA) is 119 Å². The molecule has 0 spiro atoms. The second-order valence-corrected chi connectivity index (χ2v) is 6.73. The van der Waals surface area contributed by atoms with E-state index in [2.05, 4.69) is 10.1 Å². The molecule has 0 aromatic carbocycles. The number of hydrogen-bond acceptors (Lipinski definition) is 6. The minimum absolute atomic E-state index is 0.0938. The molecule has 118 valence electrons. The van der Waals surface area contributed by atoms with Crippen LogP contribution < -0.4 is 5.32 Å². The molecule has 0 heterocycles. The van der Waals surface area contributed by atoms with Crippen LogP contribution in [-0.4, -0.2) is 49.0 Å². The van der Waals surface area contributed by atoms with Gasteiger partial charge in [0, 0.05) is 6.54 Å². The van der Waals surface area contributed by atoms with Crippen molar-refractivity contribution in [3.63, 3.8) is 0 Å². The third-order valence-corrected chi connectivity index (χ3v) is 3.17. The molecule has 1 unspecified atom stereocenters. The van der Waals surface area contributed by atoms with Gasteiger partial charge in [-0.3, -0.25) is 9.35 Å². The molecule has 0 bridgehead atoms. The minimum Gasteiger partial charge on any atom is -0.466 e. The molecular formula is C11H21NO7S. The number of carbonyl (C=O) groups excluding carboxylic acids is 2. The van der Waals surface area contributed by atoms with E-state index < -0.39 is 46.0 Å². The number of nitrogens with one attached hydrogen (secondary N) is 1. The lowest BCUT2D eigenvalue weighted by Crippen LogP contribution is -2.40. The van der Waals surface area contributed by atoms with Crippen molar-refractivity contribution in [3.8, 4) is 0 Å². The van der Waals surface area contributed by atoms with Gasteiger partial charge in [-0.05, 0) is 27.7 Å². The van der Waals surface area contributed by atoms with Gasteiger partial charge in [0.15, 0.2) is 0 Å². The highest BCUT2D eigenvalue weighted by Crippen LogP contribution is 2.08. The summed E-state index contributed by atoms with van der Waals surface area (Å²) >= 11 is 0. The Morgan fingerprint density at radius 3 is 2.25 bits per heavy atom. The molecule has 0 aromatic heterocycles. The van der Waals surface area contributed by atoms with Crippen LogP contribution in [0.1, 0.15) is 34.1 Å². The van der Waals surface area contributed by atoms with E-state index >= 15 is 0 Å². The molecule has 0 aliphatic heterocycles. The van der Waals surface area contributed by atoms with E-state index in [-0.39, 0.29) is 6.61 Å². The summed E-state index contributed by atoms with van der Waals surface area (Å²) in [6.45, 7) is 6.14. The molecule has 0 aliphatic carbocycles. The van der Waals surface area contributed by atoms with Crippen LogP contribution in [0.4, 0.5) is 4.79 Å². The van der Waals surface area contributed by atoms with Gasteiger partial charge in [0.25, 0.3) is 10.1 Å². The summed E-state index contributed by atoms with van der Waals surface area (Å²) in [4.78, 5) is 22.6. The molecule has 0 aliphatic rings. The lowest BCUT2D eigenvalue weighted by Gasteiger charge is -2.20. The monoisotopic (exact) mass is 311 g/mol. The first kappa shape index (κ1) is 18.7. The predicted molar refractivity (Wildman–Crippen MR) is 70.8 cm³/mol. The maximum atomic E-state index is 11.4. The Bertz CT molecular complexity index is 438. The van der Waals surface area contributed by atoms with Gasteiger partial charge in [0.05, 0.1) is 13.0 Å². The molecule has 2 N–H and O–H groups in total. The first-order valence-electron chi connectivity index (χ1n) is 6.04. The molecular weight excluding hydrogens is 290 g/mol. The Balaban J connectivity index is 4.54. The van der Waals surface area contributed by atoms with E-state index in [1.165, 1.54) is 0 Å². The molecule has 0 rings (SSSR count). The van der Waals surface area contributed by atoms with Crippen LogP contribution in [0.15, 0.2) is 0 Å². The zero-order valence-corrected chi connectivity index (χ0v) is 12.8. The van der Waals surface area contributed by atoms with Gasteiger partial charge >= 0.3 is 12.1 Å². The van der Waals surface area contributed by atoms with E-state index in [0.717, 1.165) is 0 Å². The second-order valence-electron chi connectivity index (χ2n) is 5.03. The van der Waals surface area contributed by atoms with Gasteiger partial charge in [0.1, 0.15) is 10.9 Å². The summed E-state index contributed by atoms with van der Waals surface area (Å²) in [6.07, 6.45) is -1.39. The predicted octanol–water partition coefficient (Wildman–Crippen LogP) is 0.721. The van der Waals surface area contributed by atoms with Gasteiger partial charge in [-0.15, -0.1) is 0 Å². The van der Waals surface area contributed by atoms with Crippen LogP contribution in [0, 0.1) is 0 Å². The summed E-state index contributed by atoms with van der Waals surface area (Å²) in [6, 6.07) is 0. The van der Waals surface area contributed by atoms with Crippen molar-refractivity contribution in [2.45, 2.75) is 45.0 Å². The summed E-state index contributed by atoms with van der Waals surface area (Å²) in [7, 11) is -4.49. The van der Waals surface area contributed by atoms with Crippen molar-refractivity contribution in [2.75, 3.05) is 13.2 Å². The number of hydrogen-bond donors (Lipinski definition) is 2. The van der Waals surface area contributed by atoms with Crippen LogP contribution in [0.3, 0.4) is 0 Å². The van der Waals surface area contributed by atoms with Gasteiger partial charge in [0.2, 0.25) is 0 Å². The largest absolute Gasteiger partial charge is 0.466 e. The van der Waals surface area contributed by atoms with Crippen molar-refractivity contribution < 1.29 is 32.0 Å². The number of carbonyl (C=O) groups is 2. The third kappa shape index (κ3) is 8.70. The number of ether oxygens (including phenoxy) is 2. The molecule has 1 atom stereocenters. The van der Waals surface area contributed by atoms with Crippen LogP contribution in [-0.2, 0) is 24.4 Å². The SMILES string of the molecule is CCOC(=O)CC(CNC(=O)OC(C)(C)C)S(=O)(=O)O. The average Bonchev–Trinajstić information content (AvgIpc) is 2.20. The Kier molecular flexibility index (Phi) is 6.94. The maximum absolute atomic E-state index is 11.4. The van der Waals surface area contributed by atoms with Crippen LogP contribution in [0.25, 0.3) is 0 Å². The second kappa shape index (κ2) is 7.44. The van der Waals surface area contributed by atoms with Gasteiger partial charge < -0.3 is 14.8 Å². The molecule has 0 saturated carbocycles. The summed E-state index contributed by atoms with van der Waals surface area (Å²) in [5.41, 5.74) is -0.737. The Morgan fingerprint density at radius 2 is 1.85 bits per heavy atom. The van der Waals surface area contributed by atoms with Crippen molar-refractivity contribution in [2.24, 2.45) is 0 Å². The lowest BCUT2D eigenvalue weighted by atomic mass is 10.2. The van der Waals surface area contributed by atoms with E-state index in [4.69, 9.17) is 9.29 Å². The Labute approximate surface area is 118 Å². The Hall–Kier alpha value is -1.35. The fraction of sp³-hybridized carbons (Fsp3) is 0.818. The first-order chi connectivity index (χ1) is 8.95. The highest BCUT2D eigenvalue weighted by atomic mass is 32.2. The molecule has 0 radical (unpaired) electrons. The molecule has 20 heavy (non-hydrogen) atoms. The smallest absolute Gasteiger partial charge is 0.407 e. The standard InChI is InChI=1S/C11H21NO7S/c1-5-18-9(13)6-8(20(15,16)17)7-12-10(14)19-11(2,3)4/h8H,5-7H2,1-4H3,(H,12,14)(H,15,16,17). The summed E-state index contributed by atoms with van der Waals surface area (Å²) < 4.78 is 40.8. The normalized spacial score (nSPS) is 13.4. The fourth-order valence-corrected chi connectivity index (χ4v) is 1.84. The zero-order valence-electron chi connectivity index (χ0n) is 12.0. The van der Waals surface area contributed by atoms with Crippen molar-refractivity contribution in [3.05, 3.63) is 0 Å². The van der Waals surface area contributed by atoms with E-state index in [1.807, 2.05) is 0 Å². The molecule has 0 fully saturated rings. The molecule has 9 heteroatoms. The quantitative estimate of drug-likeness (QED) is 0.548. The van der Waals surface area contributed by atoms with Crippen molar-refractivity contribution in [1.82, 2.24) is 5.32 Å². The number of amides is 1. The molecule has 0 aromatic rings. The number of rotatable bonds is 6. The third-order valence-electron chi connectivity index (χ3n) is 1.99. The molecule has 1 amide bonds. The lowest BCUT2D eigenvalue weighted by molar-refractivity contribution is -0.143. The highest BCUT2D eigenvalue weighted by molar-refractivity contribution is 7.86. The molecule has 8 nitrogen and oxygen atoms in total. The van der Waals surface area contributed by atoms with E-state index in [9.17, 15) is 18.0 Å². The zero-order chi connectivity index (χ0) is 16.0. The molecule has 0 saturated heterocycles. The van der Waals surface area contributed by atoms with E-state index in [0.29, 0.717) is 0 Å². The van der Waals surface area contributed by atoms with E-state index in [1.54, 1.807) is 27.7 Å². The minimum atomic E-state index is -4.49. The first-order valence-corrected chi connectivity index (χ1v) is 7.54. The van der Waals surface area contributed by atoms with Crippen molar-refractivity contribution >= 4 is 22.2 Å². The van der Waals surface area contributed by atoms with Gasteiger partial charge in [-0.1, -0.05) is 0 Å². The fourth-order valence-electron chi connectivity index (χ4n) is 1.20. The highest BCUT2D eigenvalue weighted by Gasteiger charge is 2.28. The summed E-state index contributed by atoms with van der Waals surface area (Å²) in [5, 5.41) is 0.707. The summed E-state index contributed by atoms with van der Waals surface area (Å²) in [5.74, 6) is -0.777. The average molecular weight is 311 g/mol. The van der Waals surface area contributed by atoms with Gasteiger partial charge in [-0.2, -0.15) is 8.42 Å². The Morgan fingerprint density at radius 1 is 1.30 bits per heavy atom. The number of esters is 1. The van der Waals surface area contributed by atoms with Crippen LogP contribution in [0.5, 0.6) is 0 Å². The van der Waals surface area contributed by atoms with Crippen molar-refractivity contribution in [1.29, 1.82) is 0 Å². The maximum Gasteiger partial charge on any atom is 0.407 e.